The summed E-state index contributed by atoms with van der Waals surface area (Å²) in [4.78, 5) is 30.1. The molecule has 0 spiro atoms. The molecule has 180 valence electrons. The van der Waals surface area contributed by atoms with Crippen molar-refractivity contribution in [1.82, 2.24) is 9.88 Å². The molecule has 1 atom stereocenters. The third-order valence-corrected chi connectivity index (χ3v) is 6.14. The molecule has 0 fully saturated rings. The summed E-state index contributed by atoms with van der Waals surface area (Å²) in [7, 11) is 3.04. The fraction of sp³-hybridized carbons (Fsp3) is 0.192. The predicted octanol–water partition coefficient (Wildman–Crippen LogP) is 4.44. The van der Waals surface area contributed by atoms with E-state index in [9.17, 15) is 9.59 Å². The number of hydrogen-bond acceptors (Lipinski definition) is 6. The maximum absolute atomic E-state index is 12.8. The lowest BCUT2D eigenvalue weighted by Gasteiger charge is -2.13. The van der Waals surface area contributed by atoms with Crippen molar-refractivity contribution >= 4 is 23.2 Å². The molecule has 0 saturated heterocycles. The van der Waals surface area contributed by atoms with E-state index in [4.69, 9.17) is 13.9 Å². The molecule has 35 heavy (non-hydrogen) atoms. The number of methoxy groups -OCH3 is 2. The van der Waals surface area contributed by atoms with E-state index in [-0.39, 0.29) is 17.7 Å². The number of hydrogen-bond donors (Lipinski definition) is 1. The second-order valence-corrected chi connectivity index (χ2v) is 8.55. The van der Waals surface area contributed by atoms with Gasteiger partial charge in [-0.2, -0.15) is 4.99 Å². The summed E-state index contributed by atoms with van der Waals surface area (Å²) in [5.74, 6) is 1.08. The van der Waals surface area contributed by atoms with E-state index in [1.165, 1.54) is 25.6 Å². The van der Waals surface area contributed by atoms with Crippen molar-refractivity contribution in [2.75, 3.05) is 14.2 Å². The molecule has 1 N–H and O–H groups in total. The van der Waals surface area contributed by atoms with Crippen LogP contribution < -0.4 is 19.6 Å². The highest BCUT2D eigenvalue weighted by Crippen LogP contribution is 2.27. The van der Waals surface area contributed by atoms with Gasteiger partial charge >= 0.3 is 0 Å². The third-order valence-electron chi connectivity index (χ3n) is 5.35. The third kappa shape index (κ3) is 5.70. The number of ether oxygens (including phenoxy) is 2. The smallest absolute Gasteiger partial charge is 0.287 e. The second-order valence-electron chi connectivity index (χ2n) is 7.67. The molecule has 0 bridgehead atoms. The van der Waals surface area contributed by atoms with Crippen molar-refractivity contribution in [2.24, 2.45) is 4.99 Å². The zero-order valence-electron chi connectivity index (χ0n) is 19.6. The van der Waals surface area contributed by atoms with Gasteiger partial charge < -0.3 is 23.8 Å². The summed E-state index contributed by atoms with van der Waals surface area (Å²) in [6.07, 6.45) is 1.81. The first-order valence-electron chi connectivity index (χ1n) is 10.9. The molecule has 2 heterocycles. The Morgan fingerprint density at radius 1 is 1.06 bits per heavy atom. The monoisotopic (exact) mass is 491 g/mol. The van der Waals surface area contributed by atoms with Gasteiger partial charge in [0.05, 0.1) is 26.8 Å². The van der Waals surface area contributed by atoms with Crippen LogP contribution in [0.2, 0.25) is 0 Å². The number of carbonyl (C=O) groups is 2. The topological polar surface area (TPSA) is 95.1 Å². The number of rotatable bonds is 8. The van der Waals surface area contributed by atoms with Crippen LogP contribution in [0.15, 0.2) is 81.7 Å². The lowest BCUT2D eigenvalue weighted by Crippen LogP contribution is -2.26. The maximum atomic E-state index is 12.8. The highest BCUT2D eigenvalue weighted by molar-refractivity contribution is 7.07. The van der Waals surface area contributed by atoms with Crippen LogP contribution >= 0.6 is 11.3 Å². The Bertz CT molecular complexity index is 1390. The van der Waals surface area contributed by atoms with E-state index in [1.54, 1.807) is 34.9 Å². The number of carbonyl (C=O) groups excluding carboxylic acids is 2. The summed E-state index contributed by atoms with van der Waals surface area (Å²) in [6.45, 7) is 2.24. The summed E-state index contributed by atoms with van der Waals surface area (Å²) < 4.78 is 18.0. The average molecular weight is 492 g/mol. The summed E-state index contributed by atoms with van der Waals surface area (Å²) in [5.41, 5.74) is 1.39. The van der Waals surface area contributed by atoms with Gasteiger partial charge in [0.1, 0.15) is 5.76 Å². The highest BCUT2D eigenvalue weighted by Gasteiger charge is 2.16. The van der Waals surface area contributed by atoms with E-state index in [1.807, 2.05) is 48.8 Å². The first-order valence-corrected chi connectivity index (χ1v) is 11.8. The summed E-state index contributed by atoms with van der Waals surface area (Å²) in [5, 5.41) is 4.77. The van der Waals surface area contributed by atoms with Crippen molar-refractivity contribution in [2.45, 2.75) is 19.5 Å². The Hall–Kier alpha value is -4.11. The van der Waals surface area contributed by atoms with Crippen molar-refractivity contribution in [3.8, 4) is 11.5 Å². The molecule has 0 aliphatic carbocycles. The van der Waals surface area contributed by atoms with E-state index in [2.05, 4.69) is 10.3 Å². The first kappa shape index (κ1) is 24.0. The van der Waals surface area contributed by atoms with Gasteiger partial charge in [-0.1, -0.05) is 30.3 Å². The molecular weight excluding hydrogens is 466 g/mol. The molecule has 0 aliphatic heterocycles. The fourth-order valence-electron chi connectivity index (χ4n) is 3.47. The average Bonchev–Trinajstić information content (AvgIpc) is 3.54. The lowest BCUT2D eigenvalue weighted by atomic mass is 10.1. The zero-order chi connectivity index (χ0) is 24.8. The van der Waals surface area contributed by atoms with Gasteiger partial charge in [0.25, 0.3) is 11.8 Å². The Morgan fingerprint density at radius 3 is 2.57 bits per heavy atom. The van der Waals surface area contributed by atoms with Crippen LogP contribution in [-0.4, -0.2) is 30.6 Å². The fourth-order valence-corrected chi connectivity index (χ4v) is 4.20. The molecule has 2 amide bonds. The Morgan fingerprint density at radius 2 is 1.83 bits per heavy atom. The molecule has 0 radical (unpaired) electrons. The first-order chi connectivity index (χ1) is 17.0. The molecule has 0 unspecified atom stereocenters. The normalized spacial score (nSPS) is 12.3. The quantitative estimate of drug-likeness (QED) is 0.393. The largest absolute Gasteiger partial charge is 0.493 e. The summed E-state index contributed by atoms with van der Waals surface area (Å²) in [6, 6.07) is 17.8. The number of amides is 2. The lowest BCUT2D eigenvalue weighted by molar-refractivity contribution is 0.0909. The molecule has 2 aromatic heterocycles. The van der Waals surface area contributed by atoms with E-state index in [0.29, 0.717) is 34.2 Å². The van der Waals surface area contributed by atoms with Gasteiger partial charge in [-0.3, -0.25) is 9.59 Å². The van der Waals surface area contributed by atoms with E-state index >= 15 is 0 Å². The molecule has 9 heteroatoms. The minimum atomic E-state index is -0.406. The van der Waals surface area contributed by atoms with Gasteiger partial charge in [0.2, 0.25) is 0 Å². The van der Waals surface area contributed by atoms with Gasteiger partial charge in [0, 0.05) is 17.1 Å². The van der Waals surface area contributed by atoms with Crippen LogP contribution in [0.4, 0.5) is 0 Å². The van der Waals surface area contributed by atoms with E-state index < -0.39 is 5.91 Å². The second kappa shape index (κ2) is 10.9. The van der Waals surface area contributed by atoms with Crippen molar-refractivity contribution in [1.29, 1.82) is 0 Å². The molecule has 4 rings (SSSR count). The Balaban J connectivity index is 1.47. The molecule has 0 aliphatic rings. The van der Waals surface area contributed by atoms with Crippen molar-refractivity contribution in [3.63, 3.8) is 0 Å². The summed E-state index contributed by atoms with van der Waals surface area (Å²) >= 11 is 1.33. The van der Waals surface area contributed by atoms with E-state index in [0.717, 1.165) is 5.56 Å². The van der Waals surface area contributed by atoms with Crippen LogP contribution in [0, 0.1) is 0 Å². The minimum absolute atomic E-state index is 0.156. The van der Waals surface area contributed by atoms with Crippen LogP contribution in [0.25, 0.3) is 0 Å². The number of thiazole rings is 1. The maximum Gasteiger partial charge on any atom is 0.287 e. The number of furan rings is 1. The van der Waals surface area contributed by atoms with Crippen molar-refractivity contribution < 1.29 is 23.5 Å². The van der Waals surface area contributed by atoms with Gasteiger partial charge in [-0.05, 0) is 42.8 Å². The predicted molar refractivity (Wildman–Crippen MR) is 132 cm³/mol. The van der Waals surface area contributed by atoms with Gasteiger partial charge in [-0.15, -0.1) is 11.3 Å². The molecule has 2 aromatic carbocycles. The zero-order valence-corrected chi connectivity index (χ0v) is 20.4. The Kier molecular flexibility index (Phi) is 7.47. The molecule has 8 nitrogen and oxygen atoms in total. The van der Waals surface area contributed by atoms with Crippen LogP contribution in [0.3, 0.4) is 0 Å². The van der Waals surface area contributed by atoms with Gasteiger partial charge in [0.15, 0.2) is 22.1 Å². The molecular formula is C26H25N3O5S. The standard InChI is InChI=1S/C26H25N3O5S/c1-17(18-7-5-4-6-8-18)27-25(31)22-12-10-20(34-22)16-29-13-14-35-26(29)28-24(30)19-9-11-21(32-2)23(15-19)33-3/h4-15,17H,16H2,1-3H3,(H,27,31)/t17-/m1/s1. The Labute approximate surface area is 206 Å². The van der Waals surface area contributed by atoms with Gasteiger partial charge in [-0.25, -0.2) is 0 Å². The minimum Gasteiger partial charge on any atom is -0.493 e. The SMILES string of the molecule is COc1ccc(C(=O)N=c2sccn2Cc2ccc(C(=O)N[C@H](C)c3ccccc3)o2)cc1OC. The number of nitrogens with one attached hydrogen (secondary N) is 1. The molecule has 4 aromatic rings. The number of aromatic nitrogens is 1. The number of benzene rings is 2. The van der Waals surface area contributed by atoms with Crippen molar-refractivity contribution in [3.05, 3.63) is 99.7 Å². The number of nitrogens with zero attached hydrogens (tertiary/aromatic N) is 2. The highest BCUT2D eigenvalue weighted by atomic mass is 32.1. The molecule has 0 saturated carbocycles. The van der Waals surface area contributed by atoms with Crippen LogP contribution in [0.1, 0.15) is 45.2 Å². The van der Waals surface area contributed by atoms with Crippen LogP contribution in [-0.2, 0) is 6.54 Å². The van der Waals surface area contributed by atoms with Crippen LogP contribution in [0.5, 0.6) is 11.5 Å².